The molecule has 13 nitrogen and oxygen atoms in total. The van der Waals surface area contributed by atoms with Crippen molar-refractivity contribution in [2.24, 2.45) is 0 Å². The van der Waals surface area contributed by atoms with Gasteiger partial charge in [0.2, 0.25) is 26.0 Å². The van der Waals surface area contributed by atoms with E-state index in [1.54, 1.807) is 13.8 Å². The Hall–Kier alpha value is -3.27. The molecule has 0 aromatic heterocycles. The zero-order chi connectivity index (χ0) is 28.8. The fourth-order valence-electron chi connectivity index (χ4n) is 4.09. The Kier molecular flexibility index (Phi) is 9.88. The number of hydrogen-bond acceptors (Lipinski definition) is 9. The maximum atomic E-state index is 13.0. The molecule has 1 aliphatic heterocycles. The third kappa shape index (κ3) is 7.44. The molecule has 3 rings (SSSR count). The highest BCUT2D eigenvalue weighted by Gasteiger charge is 2.33. The van der Waals surface area contributed by atoms with Crippen LogP contribution in [0.15, 0.2) is 47.4 Å². The molecule has 0 bridgehead atoms. The van der Waals surface area contributed by atoms with Crippen LogP contribution in [0.4, 0.5) is 11.4 Å². The molecule has 1 heterocycles. The Bertz CT molecular complexity index is 1390. The van der Waals surface area contributed by atoms with Crippen LogP contribution in [0.25, 0.3) is 0 Å². The Balaban J connectivity index is 1.63. The molecule has 1 saturated heterocycles. The van der Waals surface area contributed by atoms with Gasteiger partial charge in [0.15, 0.2) is 0 Å². The largest absolute Gasteiger partial charge is 0.492 e. The van der Waals surface area contributed by atoms with E-state index < -0.39 is 36.9 Å². The smallest absolute Gasteiger partial charge is 0.271 e. The summed E-state index contributed by atoms with van der Waals surface area (Å²) in [5.74, 6) is -0.202. The first-order valence-corrected chi connectivity index (χ1v) is 15.5. The van der Waals surface area contributed by atoms with Gasteiger partial charge < -0.3 is 14.8 Å². The molecule has 1 fully saturated rings. The predicted molar refractivity (Wildman–Crippen MR) is 144 cm³/mol. The first-order valence-electron chi connectivity index (χ1n) is 12.2. The van der Waals surface area contributed by atoms with Gasteiger partial charge in [0, 0.05) is 25.2 Å². The van der Waals surface area contributed by atoms with E-state index in [1.165, 1.54) is 40.7 Å². The number of benzene rings is 2. The van der Waals surface area contributed by atoms with Crippen LogP contribution in [-0.4, -0.2) is 83.7 Å². The molecule has 1 amide bonds. The minimum atomic E-state index is -3.98. The summed E-state index contributed by atoms with van der Waals surface area (Å²) in [6.45, 7) is 4.58. The van der Waals surface area contributed by atoms with Gasteiger partial charge in [0.25, 0.3) is 5.69 Å². The summed E-state index contributed by atoms with van der Waals surface area (Å²) >= 11 is 0. The number of non-ortho nitro benzene ring substituents is 1. The SMILES string of the molecule is CCC(C(=O)NCCOc1ccc(S(=O)(=O)N2CCOCC2)cc1)N(c1cc([N+](=O)[O-])ccc1C)S(C)(=O)=O. The average Bonchev–Trinajstić information content (AvgIpc) is 2.90. The fraction of sp³-hybridized carbons (Fsp3) is 0.458. The van der Waals surface area contributed by atoms with Crippen molar-refractivity contribution in [1.82, 2.24) is 9.62 Å². The van der Waals surface area contributed by atoms with Crippen molar-refractivity contribution < 1.29 is 36.0 Å². The number of carbonyl (C=O) groups is 1. The van der Waals surface area contributed by atoms with E-state index in [4.69, 9.17) is 9.47 Å². The van der Waals surface area contributed by atoms with Gasteiger partial charge in [-0.15, -0.1) is 0 Å². The lowest BCUT2D eigenvalue weighted by molar-refractivity contribution is -0.384. The normalized spacial score (nSPS) is 15.4. The van der Waals surface area contributed by atoms with E-state index >= 15 is 0 Å². The van der Waals surface area contributed by atoms with E-state index in [0.717, 1.165) is 16.6 Å². The maximum Gasteiger partial charge on any atom is 0.271 e. The van der Waals surface area contributed by atoms with Crippen molar-refractivity contribution >= 4 is 37.3 Å². The lowest BCUT2D eigenvalue weighted by Gasteiger charge is -2.31. The highest BCUT2D eigenvalue weighted by atomic mass is 32.2. The number of morpholine rings is 1. The third-order valence-electron chi connectivity index (χ3n) is 6.07. The van der Waals surface area contributed by atoms with Crippen LogP contribution in [0.1, 0.15) is 18.9 Å². The summed E-state index contributed by atoms with van der Waals surface area (Å²) in [5, 5.41) is 13.9. The molecular formula is C24H32N4O9S2. The molecule has 15 heteroatoms. The molecule has 0 spiro atoms. The molecular weight excluding hydrogens is 552 g/mol. The van der Waals surface area contributed by atoms with Gasteiger partial charge in [-0.3, -0.25) is 19.2 Å². The van der Waals surface area contributed by atoms with Crippen LogP contribution in [0.2, 0.25) is 0 Å². The number of nitro groups is 1. The quantitative estimate of drug-likeness (QED) is 0.222. The van der Waals surface area contributed by atoms with Gasteiger partial charge in [-0.05, 0) is 43.2 Å². The van der Waals surface area contributed by atoms with Gasteiger partial charge in [-0.2, -0.15) is 4.31 Å². The highest BCUT2D eigenvalue weighted by Crippen LogP contribution is 2.30. The van der Waals surface area contributed by atoms with Crippen molar-refractivity contribution in [3.05, 3.63) is 58.1 Å². The maximum absolute atomic E-state index is 13.0. The van der Waals surface area contributed by atoms with E-state index in [1.807, 2.05) is 0 Å². The Morgan fingerprint density at radius 3 is 2.36 bits per heavy atom. The minimum absolute atomic E-state index is 0.0342. The number of nitrogens with zero attached hydrogens (tertiary/aromatic N) is 3. The molecule has 0 saturated carbocycles. The van der Waals surface area contributed by atoms with Crippen molar-refractivity contribution in [3.8, 4) is 5.75 Å². The van der Waals surface area contributed by atoms with Crippen molar-refractivity contribution in [1.29, 1.82) is 0 Å². The number of ether oxygens (including phenoxy) is 2. The molecule has 2 aromatic carbocycles. The van der Waals surface area contributed by atoms with Gasteiger partial charge in [-0.1, -0.05) is 13.0 Å². The number of sulfonamides is 2. The van der Waals surface area contributed by atoms with Crippen LogP contribution in [0.3, 0.4) is 0 Å². The number of hydrogen-bond donors (Lipinski definition) is 1. The number of aryl methyl sites for hydroxylation is 1. The second-order valence-electron chi connectivity index (χ2n) is 8.84. The number of nitrogens with one attached hydrogen (secondary N) is 1. The number of anilines is 1. The van der Waals surface area contributed by atoms with Crippen molar-refractivity contribution in [3.63, 3.8) is 0 Å². The zero-order valence-electron chi connectivity index (χ0n) is 21.9. The lowest BCUT2D eigenvalue weighted by atomic mass is 10.1. The van der Waals surface area contributed by atoms with Gasteiger partial charge >= 0.3 is 0 Å². The van der Waals surface area contributed by atoms with Crippen LogP contribution in [0.5, 0.6) is 5.75 Å². The lowest BCUT2D eigenvalue weighted by Crippen LogP contribution is -2.50. The minimum Gasteiger partial charge on any atom is -0.492 e. The van der Waals surface area contributed by atoms with Gasteiger partial charge in [0.05, 0.1) is 41.5 Å². The third-order valence-corrected chi connectivity index (χ3v) is 9.15. The number of amides is 1. The summed E-state index contributed by atoms with van der Waals surface area (Å²) < 4.78 is 63.9. The summed E-state index contributed by atoms with van der Waals surface area (Å²) in [6, 6.07) is 8.60. The summed E-state index contributed by atoms with van der Waals surface area (Å²) in [7, 11) is -7.61. The molecule has 0 radical (unpaired) electrons. The first-order chi connectivity index (χ1) is 18.4. The van der Waals surface area contributed by atoms with Crippen LogP contribution in [0, 0.1) is 17.0 Å². The van der Waals surface area contributed by atoms with Crippen LogP contribution in [-0.2, 0) is 29.6 Å². The van der Waals surface area contributed by atoms with Crippen molar-refractivity contribution in [2.45, 2.75) is 31.2 Å². The van der Waals surface area contributed by atoms with Crippen molar-refractivity contribution in [2.75, 3.05) is 50.0 Å². The molecule has 1 aliphatic rings. The molecule has 214 valence electrons. The zero-order valence-corrected chi connectivity index (χ0v) is 23.5. The van der Waals surface area contributed by atoms with E-state index in [-0.39, 0.29) is 48.9 Å². The average molecular weight is 585 g/mol. The van der Waals surface area contributed by atoms with E-state index in [9.17, 15) is 31.7 Å². The first kappa shape index (κ1) is 30.3. The number of nitro benzene ring substituents is 1. The highest BCUT2D eigenvalue weighted by molar-refractivity contribution is 7.92. The van der Waals surface area contributed by atoms with Crippen LogP contribution < -0.4 is 14.4 Å². The Morgan fingerprint density at radius 1 is 1.15 bits per heavy atom. The van der Waals surface area contributed by atoms with E-state index in [2.05, 4.69) is 5.32 Å². The molecule has 1 atom stereocenters. The standard InChI is InChI=1S/C24H32N4O9S2/c1-4-22(27(38(3,32)33)23-17-19(28(30)31)6-5-18(23)2)24(29)25-11-14-37-20-7-9-21(10-8-20)39(34,35)26-12-15-36-16-13-26/h5-10,17,22H,4,11-16H2,1-3H3,(H,25,29). The van der Waals surface area contributed by atoms with Gasteiger partial charge in [0.1, 0.15) is 18.4 Å². The van der Waals surface area contributed by atoms with Crippen LogP contribution >= 0.6 is 0 Å². The van der Waals surface area contributed by atoms with E-state index in [0.29, 0.717) is 24.5 Å². The molecule has 2 aromatic rings. The second kappa shape index (κ2) is 12.7. The number of rotatable bonds is 12. The van der Waals surface area contributed by atoms with Gasteiger partial charge in [-0.25, -0.2) is 16.8 Å². The summed E-state index contributed by atoms with van der Waals surface area (Å²) in [4.78, 5) is 23.7. The Morgan fingerprint density at radius 2 is 1.79 bits per heavy atom. The summed E-state index contributed by atoms with van der Waals surface area (Å²) in [6.07, 6.45) is 1.05. The Labute approximate surface area is 227 Å². The molecule has 1 unspecified atom stereocenters. The topological polar surface area (TPSA) is 165 Å². The number of carbonyl (C=O) groups excluding carboxylic acids is 1. The molecule has 1 N–H and O–H groups in total. The monoisotopic (exact) mass is 584 g/mol. The summed E-state index contributed by atoms with van der Waals surface area (Å²) in [5.41, 5.74) is 0.216. The fourth-order valence-corrected chi connectivity index (χ4v) is 6.76. The molecule has 0 aliphatic carbocycles. The molecule has 39 heavy (non-hydrogen) atoms. The second-order valence-corrected chi connectivity index (χ2v) is 12.6. The predicted octanol–water partition coefficient (Wildman–Crippen LogP) is 1.66.